The maximum atomic E-state index is 9.92. The highest BCUT2D eigenvalue weighted by atomic mass is 35.5. The summed E-state index contributed by atoms with van der Waals surface area (Å²) in [6.45, 7) is 1.94. The topological polar surface area (TPSA) is 37.3 Å². The zero-order valence-electron chi connectivity index (χ0n) is 5.22. The Kier molecular flexibility index (Phi) is 4.14. The van der Waals surface area contributed by atoms with Crippen LogP contribution in [0.3, 0.4) is 0 Å². The molecule has 52 valence electrons. The average molecular weight is 149 g/mol. The van der Waals surface area contributed by atoms with Gasteiger partial charge in [0.05, 0.1) is 0 Å². The molecular formula is C6H9ClO2. The lowest BCUT2D eigenvalue weighted by Gasteiger charge is -1.89. The van der Waals surface area contributed by atoms with Crippen LogP contribution in [0.2, 0.25) is 0 Å². The molecule has 0 fully saturated rings. The summed E-state index contributed by atoms with van der Waals surface area (Å²) in [6, 6.07) is 0. The van der Waals surface area contributed by atoms with Crippen molar-refractivity contribution in [3.63, 3.8) is 0 Å². The van der Waals surface area contributed by atoms with Crippen molar-refractivity contribution in [1.29, 1.82) is 0 Å². The van der Waals surface area contributed by atoms with E-state index in [9.17, 15) is 4.79 Å². The third-order valence-electron chi connectivity index (χ3n) is 0.769. The largest absolute Gasteiger partial charge is 0.478 e. The molecule has 9 heavy (non-hydrogen) atoms. The monoisotopic (exact) mass is 148 g/mol. The van der Waals surface area contributed by atoms with Crippen LogP contribution in [0.5, 0.6) is 0 Å². The molecule has 0 aliphatic rings. The minimum atomic E-state index is -0.978. The van der Waals surface area contributed by atoms with Gasteiger partial charge in [-0.2, -0.15) is 0 Å². The molecule has 0 aromatic rings. The van der Waals surface area contributed by atoms with E-state index in [1.165, 1.54) is 0 Å². The van der Waals surface area contributed by atoms with Crippen LogP contribution in [0.25, 0.3) is 0 Å². The molecule has 0 heterocycles. The van der Waals surface area contributed by atoms with Crippen LogP contribution in [0, 0.1) is 0 Å². The molecule has 0 atom stereocenters. The minimum absolute atomic E-state index is 0.407. The van der Waals surface area contributed by atoms with E-state index in [0.717, 1.165) is 12.5 Å². The predicted molar refractivity (Wildman–Crippen MR) is 36.5 cm³/mol. The first kappa shape index (κ1) is 8.50. The van der Waals surface area contributed by atoms with Gasteiger partial charge in [-0.3, -0.25) is 0 Å². The second-order valence-corrected chi connectivity index (χ2v) is 2.16. The van der Waals surface area contributed by atoms with Crippen molar-refractivity contribution in [3.05, 3.63) is 11.1 Å². The van der Waals surface area contributed by atoms with E-state index in [-0.39, 0.29) is 0 Å². The van der Waals surface area contributed by atoms with E-state index in [2.05, 4.69) is 0 Å². The third kappa shape index (κ3) is 5.37. The quantitative estimate of drug-likeness (QED) is 0.622. The van der Waals surface area contributed by atoms with E-state index in [0.29, 0.717) is 11.5 Å². The Hall–Kier alpha value is -0.500. The molecule has 0 unspecified atom stereocenters. The van der Waals surface area contributed by atoms with Gasteiger partial charge in [0.2, 0.25) is 0 Å². The van der Waals surface area contributed by atoms with Crippen molar-refractivity contribution in [3.8, 4) is 0 Å². The van der Waals surface area contributed by atoms with E-state index >= 15 is 0 Å². The Morgan fingerprint density at radius 1 is 1.78 bits per heavy atom. The highest BCUT2D eigenvalue weighted by Crippen LogP contribution is 2.08. The van der Waals surface area contributed by atoms with Crippen molar-refractivity contribution >= 4 is 17.6 Å². The first-order valence-corrected chi connectivity index (χ1v) is 3.13. The SMILES string of the molecule is CCCC(Cl)=CC(=O)O. The zero-order chi connectivity index (χ0) is 7.28. The number of halogens is 1. The Balaban J connectivity index is 3.69. The van der Waals surface area contributed by atoms with Crippen molar-refractivity contribution < 1.29 is 9.90 Å². The van der Waals surface area contributed by atoms with Crippen LogP contribution in [0.15, 0.2) is 11.1 Å². The number of carboxylic acid groups (broad SMARTS) is 1. The van der Waals surface area contributed by atoms with E-state index in [1.54, 1.807) is 0 Å². The van der Waals surface area contributed by atoms with Gasteiger partial charge in [-0.25, -0.2) is 4.79 Å². The van der Waals surface area contributed by atoms with E-state index < -0.39 is 5.97 Å². The van der Waals surface area contributed by atoms with Gasteiger partial charge in [-0.05, 0) is 6.42 Å². The maximum absolute atomic E-state index is 9.92. The molecule has 0 saturated carbocycles. The highest BCUT2D eigenvalue weighted by molar-refractivity contribution is 6.30. The van der Waals surface area contributed by atoms with Gasteiger partial charge in [0.15, 0.2) is 0 Å². The van der Waals surface area contributed by atoms with Gasteiger partial charge < -0.3 is 5.11 Å². The average Bonchev–Trinajstić information content (AvgIpc) is 1.63. The summed E-state index contributed by atoms with van der Waals surface area (Å²) >= 11 is 5.46. The molecule has 0 radical (unpaired) electrons. The van der Waals surface area contributed by atoms with Gasteiger partial charge in [0, 0.05) is 11.1 Å². The second-order valence-electron chi connectivity index (χ2n) is 1.68. The molecule has 0 aromatic heterocycles. The van der Waals surface area contributed by atoms with Crippen molar-refractivity contribution in [2.24, 2.45) is 0 Å². The second kappa shape index (κ2) is 4.39. The highest BCUT2D eigenvalue weighted by Gasteiger charge is 1.93. The molecule has 0 aromatic carbocycles. The third-order valence-corrected chi connectivity index (χ3v) is 1.07. The number of rotatable bonds is 3. The molecule has 0 spiro atoms. The molecule has 0 rings (SSSR count). The molecule has 1 N–H and O–H groups in total. The molecule has 0 aliphatic heterocycles. The molecule has 0 amide bonds. The summed E-state index contributed by atoms with van der Waals surface area (Å²) in [5.41, 5.74) is 0. The van der Waals surface area contributed by atoms with E-state index in [1.807, 2.05) is 6.92 Å². The zero-order valence-corrected chi connectivity index (χ0v) is 5.98. The molecule has 0 aliphatic carbocycles. The number of hydrogen-bond donors (Lipinski definition) is 1. The lowest BCUT2D eigenvalue weighted by atomic mass is 10.3. The molecule has 2 nitrogen and oxygen atoms in total. The summed E-state index contributed by atoms with van der Waals surface area (Å²) in [5.74, 6) is -0.978. The smallest absolute Gasteiger partial charge is 0.329 e. The Morgan fingerprint density at radius 2 is 2.33 bits per heavy atom. The fraction of sp³-hybridized carbons (Fsp3) is 0.500. The summed E-state index contributed by atoms with van der Waals surface area (Å²) < 4.78 is 0. The predicted octanol–water partition coefficient (Wildman–Crippen LogP) is 1.99. The number of hydrogen-bond acceptors (Lipinski definition) is 1. The summed E-state index contributed by atoms with van der Waals surface area (Å²) in [4.78, 5) is 9.92. The van der Waals surface area contributed by atoms with Crippen LogP contribution in [0.1, 0.15) is 19.8 Å². The Morgan fingerprint density at radius 3 is 2.67 bits per heavy atom. The molecule has 3 heteroatoms. The van der Waals surface area contributed by atoms with Gasteiger partial charge >= 0.3 is 5.97 Å². The van der Waals surface area contributed by atoms with Gasteiger partial charge in [0.1, 0.15) is 0 Å². The van der Waals surface area contributed by atoms with Gasteiger partial charge in [-0.15, -0.1) is 0 Å². The van der Waals surface area contributed by atoms with Gasteiger partial charge in [0.25, 0.3) is 0 Å². The molecule has 0 bridgehead atoms. The Labute approximate surface area is 59.1 Å². The lowest BCUT2D eigenvalue weighted by molar-refractivity contribution is -0.131. The number of aliphatic carboxylic acids is 1. The maximum Gasteiger partial charge on any atom is 0.329 e. The van der Waals surface area contributed by atoms with Crippen LogP contribution >= 0.6 is 11.6 Å². The minimum Gasteiger partial charge on any atom is -0.478 e. The van der Waals surface area contributed by atoms with Crippen LogP contribution in [0.4, 0.5) is 0 Å². The van der Waals surface area contributed by atoms with Crippen molar-refractivity contribution in [2.75, 3.05) is 0 Å². The molecule has 0 saturated heterocycles. The summed E-state index contributed by atoms with van der Waals surface area (Å²) in [6.07, 6.45) is 2.54. The first-order chi connectivity index (χ1) is 4.16. The number of carbonyl (C=O) groups is 1. The summed E-state index contributed by atoms with van der Waals surface area (Å²) in [5, 5.41) is 8.56. The van der Waals surface area contributed by atoms with Crippen LogP contribution in [-0.2, 0) is 4.79 Å². The normalized spacial score (nSPS) is 11.6. The standard InChI is InChI=1S/C6H9ClO2/c1-2-3-5(7)4-6(8)9/h4H,2-3H2,1H3,(H,8,9). The fourth-order valence-electron chi connectivity index (χ4n) is 0.445. The summed E-state index contributed by atoms with van der Waals surface area (Å²) in [7, 11) is 0. The van der Waals surface area contributed by atoms with Crippen molar-refractivity contribution in [2.45, 2.75) is 19.8 Å². The lowest BCUT2D eigenvalue weighted by Crippen LogP contribution is -1.87. The first-order valence-electron chi connectivity index (χ1n) is 2.75. The molecular weight excluding hydrogens is 140 g/mol. The van der Waals surface area contributed by atoms with Crippen LogP contribution in [-0.4, -0.2) is 11.1 Å². The number of carboxylic acids is 1. The van der Waals surface area contributed by atoms with Gasteiger partial charge in [-0.1, -0.05) is 24.9 Å². The Bertz CT molecular complexity index is 129. The number of allylic oxidation sites excluding steroid dienone is 1. The fourth-order valence-corrected chi connectivity index (χ4v) is 0.727. The van der Waals surface area contributed by atoms with Crippen LogP contribution < -0.4 is 0 Å². The van der Waals surface area contributed by atoms with Crippen molar-refractivity contribution in [1.82, 2.24) is 0 Å². The van der Waals surface area contributed by atoms with E-state index in [4.69, 9.17) is 16.7 Å².